The van der Waals surface area contributed by atoms with E-state index in [0.717, 1.165) is 0 Å². The molecule has 60 valence electrons. The smallest absolute Gasteiger partial charge is 0.427 e. The van der Waals surface area contributed by atoms with Gasteiger partial charge in [-0.05, 0) is 17.7 Å². The van der Waals surface area contributed by atoms with Crippen molar-refractivity contribution in [2.75, 3.05) is 0 Å². The fourth-order valence-electron chi connectivity index (χ4n) is 1.08. The van der Waals surface area contributed by atoms with Crippen LogP contribution < -0.4 is 5.46 Å². The molecule has 1 aliphatic heterocycles. The Morgan fingerprint density at radius 1 is 1.50 bits per heavy atom. The molecular weight excluding hydrogens is 160 g/mol. The first kappa shape index (κ1) is 7.30. The number of hydrogen-bond acceptors (Lipinski definition) is 3. The van der Waals surface area contributed by atoms with Crippen molar-refractivity contribution in [2.24, 2.45) is 5.16 Å². The predicted molar refractivity (Wildman–Crippen MR) is 42.7 cm³/mol. The lowest BCUT2D eigenvalue weighted by Crippen LogP contribution is -2.37. The van der Waals surface area contributed by atoms with Crippen LogP contribution in [0.2, 0.25) is 0 Å². The van der Waals surface area contributed by atoms with E-state index in [9.17, 15) is 9.41 Å². The van der Waals surface area contributed by atoms with Crippen LogP contribution >= 0.6 is 0 Å². The third-order valence-corrected chi connectivity index (χ3v) is 1.67. The highest BCUT2D eigenvalue weighted by atomic mass is 19.1. The summed E-state index contributed by atoms with van der Waals surface area (Å²) in [7, 11) is -1.15. The molecule has 0 spiro atoms. The molecular formula is C7H5BFNO2. The van der Waals surface area contributed by atoms with E-state index < -0.39 is 12.9 Å². The summed E-state index contributed by atoms with van der Waals surface area (Å²) in [6, 6.07) is 4.08. The number of rotatable bonds is 0. The van der Waals surface area contributed by atoms with Crippen LogP contribution in [0.25, 0.3) is 0 Å². The summed E-state index contributed by atoms with van der Waals surface area (Å²) in [4.78, 5) is 0. The summed E-state index contributed by atoms with van der Waals surface area (Å²) in [5.41, 5.74) is 1.08. The summed E-state index contributed by atoms with van der Waals surface area (Å²) in [6.45, 7) is 0. The molecule has 1 aromatic rings. The van der Waals surface area contributed by atoms with Gasteiger partial charge in [-0.2, -0.15) is 0 Å². The van der Waals surface area contributed by atoms with Gasteiger partial charge in [0.05, 0.1) is 6.21 Å². The van der Waals surface area contributed by atoms with Crippen LogP contribution in [0.3, 0.4) is 0 Å². The number of fused-ring (bicyclic) bond motifs is 1. The third kappa shape index (κ3) is 1.08. The van der Waals surface area contributed by atoms with Crippen LogP contribution in [-0.2, 0) is 4.76 Å². The molecule has 2 rings (SSSR count). The van der Waals surface area contributed by atoms with Gasteiger partial charge in [0.2, 0.25) is 0 Å². The summed E-state index contributed by atoms with van der Waals surface area (Å²) in [5.74, 6) is -0.397. The molecule has 0 radical (unpaired) electrons. The summed E-state index contributed by atoms with van der Waals surface area (Å²) >= 11 is 0. The minimum absolute atomic E-state index is 0.397. The molecule has 0 unspecified atom stereocenters. The molecule has 0 atom stereocenters. The van der Waals surface area contributed by atoms with Gasteiger partial charge in [-0.3, -0.25) is 0 Å². The Balaban J connectivity index is 2.56. The average molecular weight is 165 g/mol. The van der Waals surface area contributed by atoms with Gasteiger partial charge in [-0.1, -0.05) is 6.07 Å². The van der Waals surface area contributed by atoms with Crippen molar-refractivity contribution in [2.45, 2.75) is 0 Å². The maximum absolute atomic E-state index is 12.7. The van der Waals surface area contributed by atoms with Crippen molar-refractivity contribution in [3.05, 3.63) is 29.6 Å². The Labute approximate surface area is 68.6 Å². The monoisotopic (exact) mass is 165 g/mol. The highest BCUT2D eigenvalue weighted by Gasteiger charge is 2.25. The van der Waals surface area contributed by atoms with Crippen LogP contribution in [0.15, 0.2) is 23.4 Å². The maximum atomic E-state index is 12.7. The lowest BCUT2D eigenvalue weighted by atomic mass is 9.76. The van der Waals surface area contributed by atoms with Gasteiger partial charge in [0.25, 0.3) is 0 Å². The van der Waals surface area contributed by atoms with Gasteiger partial charge >= 0.3 is 7.12 Å². The fourth-order valence-corrected chi connectivity index (χ4v) is 1.08. The van der Waals surface area contributed by atoms with E-state index in [1.807, 2.05) is 0 Å². The molecule has 1 aromatic carbocycles. The molecule has 0 aliphatic carbocycles. The molecule has 1 aliphatic rings. The van der Waals surface area contributed by atoms with Crippen molar-refractivity contribution in [1.29, 1.82) is 0 Å². The number of oxime groups is 1. The van der Waals surface area contributed by atoms with Crippen molar-refractivity contribution in [3.8, 4) is 0 Å². The van der Waals surface area contributed by atoms with E-state index in [2.05, 4.69) is 9.91 Å². The lowest BCUT2D eigenvalue weighted by Gasteiger charge is -2.11. The molecule has 3 nitrogen and oxygen atoms in total. The molecule has 0 saturated carbocycles. The van der Waals surface area contributed by atoms with Gasteiger partial charge in [-0.25, -0.2) is 4.39 Å². The number of hydrogen-bond donors (Lipinski definition) is 1. The zero-order valence-corrected chi connectivity index (χ0v) is 6.07. The number of benzene rings is 1. The molecule has 1 heterocycles. The van der Waals surface area contributed by atoms with Crippen LogP contribution in [0.1, 0.15) is 5.56 Å². The molecule has 1 N–H and O–H groups in total. The summed E-state index contributed by atoms with van der Waals surface area (Å²) in [6.07, 6.45) is 1.43. The standard InChI is InChI=1S/C7H5BFNO2/c9-6-2-1-5-4-10-12-8(11)7(5)3-6/h1-4,11H. The maximum Gasteiger partial charge on any atom is 0.583 e. The molecule has 5 heteroatoms. The van der Waals surface area contributed by atoms with Crippen LogP contribution in [0.5, 0.6) is 0 Å². The fraction of sp³-hybridized carbons (Fsp3) is 0. The molecule has 0 saturated heterocycles. The number of halogens is 1. The van der Waals surface area contributed by atoms with Crippen LogP contribution in [-0.4, -0.2) is 18.4 Å². The Bertz CT molecular complexity index is 342. The van der Waals surface area contributed by atoms with E-state index in [-0.39, 0.29) is 0 Å². The predicted octanol–water partition coefficient (Wildman–Crippen LogP) is -0.123. The van der Waals surface area contributed by atoms with E-state index in [0.29, 0.717) is 11.0 Å². The zero-order valence-electron chi connectivity index (χ0n) is 6.07. The Morgan fingerprint density at radius 2 is 2.33 bits per heavy atom. The average Bonchev–Trinajstić information content (AvgIpc) is 2.07. The molecule has 0 amide bonds. The second-order valence-corrected chi connectivity index (χ2v) is 2.47. The number of nitrogens with zero attached hydrogens (tertiary/aromatic N) is 1. The van der Waals surface area contributed by atoms with Gasteiger partial charge in [0, 0.05) is 5.46 Å². The first-order valence-corrected chi connectivity index (χ1v) is 3.44. The Hall–Kier alpha value is -1.36. The highest BCUT2D eigenvalue weighted by Crippen LogP contribution is 2.03. The largest absolute Gasteiger partial charge is 0.583 e. The Kier molecular flexibility index (Phi) is 1.58. The quantitative estimate of drug-likeness (QED) is 0.544. The SMILES string of the molecule is OB1ON=Cc2ccc(F)cc21. The van der Waals surface area contributed by atoms with E-state index in [1.165, 1.54) is 18.3 Å². The van der Waals surface area contributed by atoms with Gasteiger partial charge in [0.1, 0.15) is 5.82 Å². The summed E-state index contributed by atoms with van der Waals surface area (Å²) < 4.78 is 17.2. The normalized spacial score (nSPS) is 14.0. The van der Waals surface area contributed by atoms with E-state index in [4.69, 9.17) is 0 Å². The molecule has 0 bridgehead atoms. The van der Waals surface area contributed by atoms with E-state index in [1.54, 1.807) is 6.07 Å². The minimum Gasteiger partial charge on any atom is -0.427 e. The first-order valence-electron chi connectivity index (χ1n) is 3.44. The molecule has 12 heavy (non-hydrogen) atoms. The van der Waals surface area contributed by atoms with Crippen molar-refractivity contribution in [1.82, 2.24) is 0 Å². The Morgan fingerprint density at radius 3 is 3.17 bits per heavy atom. The van der Waals surface area contributed by atoms with Gasteiger partial charge in [-0.15, -0.1) is 5.16 Å². The minimum atomic E-state index is -1.15. The molecule has 0 fully saturated rings. The van der Waals surface area contributed by atoms with E-state index >= 15 is 0 Å². The van der Waals surface area contributed by atoms with Gasteiger partial charge < -0.3 is 9.78 Å². The van der Waals surface area contributed by atoms with Crippen molar-refractivity contribution >= 4 is 18.8 Å². The summed E-state index contributed by atoms with van der Waals surface area (Å²) in [5, 5.41) is 12.6. The van der Waals surface area contributed by atoms with Gasteiger partial charge in [0.15, 0.2) is 0 Å². The first-order chi connectivity index (χ1) is 5.77. The topological polar surface area (TPSA) is 41.8 Å². The molecule has 0 aromatic heterocycles. The second kappa shape index (κ2) is 2.60. The highest BCUT2D eigenvalue weighted by molar-refractivity contribution is 6.61. The van der Waals surface area contributed by atoms with Crippen LogP contribution in [0, 0.1) is 5.82 Å². The van der Waals surface area contributed by atoms with Crippen molar-refractivity contribution in [3.63, 3.8) is 0 Å². The second-order valence-electron chi connectivity index (χ2n) is 2.47. The van der Waals surface area contributed by atoms with Crippen molar-refractivity contribution < 1.29 is 14.2 Å². The third-order valence-electron chi connectivity index (χ3n) is 1.67. The zero-order chi connectivity index (χ0) is 8.55. The lowest BCUT2D eigenvalue weighted by molar-refractivity contribution is 0.286. The van der Waals surface area contributed by atoms with Crippen LogP contribution in [0.4, 0.5) is 4.39 Å².